The number of benzene rings is 1. The van der Waals surface area contributed by atoms with Crippen LogP contribution in [-0.4, -0.2) is 50.2 Å². The molecule has 1 aliphatic heterocycles. The first-order valence-corrected chi connectivity index (χ1v) is 8.74. The van der Waals surface area contributed by atoms with Crippen molar-refractivity contribution in [2.45, 2.75) is 4.90 Å². The predicted octanol–water partition coefficient (Wildman–Crippen LogP) is 1.26. The molecule has 1 amide bonds. The Morgan fingerprint density at radius 3 is 2.45 bits per heavy atom. The summed E-state index contributed by atoms with van der Waals surface area (Å²) < 4.78 is 27.4. The number of amides is 1. The SMILES string of the molecule is CN1CCN(S(=O)(=O)c2c(N)cc(Br)cc2Br)CC1=O. The van der Waals surface area contributed by atoms with Crippen LogP contribution in [-0.2, 0) is 14.8 Å². The van der Waals surface area contributed by atoms with Crippen LogP contribution in [0.15, 0.2) is 26.0 Å². The molecule has 1 heterocycles. The lowest BCUT2D eigenvalue weighted by Crippen LogP contribution is -2.50. The fourth-order valence-corrected chi connectivity index (χ4v) is 5.32. The minimum absolute atomic E-state index is 0.00180. The number of carbonyl (C=O) groups excluding carboxylic acids is 1. The predicted molar refractivity (Wildman–Crippen MR) is 82.7 cm³/mol. The molecule has 1 saturated heterocycles. The lowest BCUT2D eigenvalue weighted by Gasteiger charge is -2.31. The van der Waals surface area contributed by atoms with E-state index in [0.717, 1.165) is 4.31 Å². The second-order valence-corrected chi connectivity index (χ2v) is 8.10. The van der Waals surface area contributed by atoms with E-state index >= 15 is 0 Å². The summed E-state index contributed by atoms with van der Waals surface area (Å²) in [5.74, 6) is -0.230. The number of carbonyl (C=O) groups is 1. The highest BCUT2D eigenvalue weighted by atomic mass is 79.9. The second-order valence-electron chi connectivity index (χ2n) is 4.46. The van der Waals surface area contributed by atoms with E-state index in [1.165, 1.54) is 11.0 Å². The summed E-state index contributed by atoms with van der Waals surface area (Å²) in [6, 6.07) is 3.14. The molecule has 0 atom stereocenters. The van der Waals surface area contributed by atoms with Crippen molar-refractivity contribution in [1.29, 1.82) is 0 Å². The molecule has 0 unspecified atom stereocenters. The highest BCUT2D eigenvalue weighted by Gasteiger charge is 2.34. The van der Waals surface area contributed by atoms with Gasteiger partial charge in [-0.1, -0.05) is 15.9 Å². The van der Waals surface area contributed by atoms with Gasteiger partial charge in [0.25, 0.3) is 0 Å². The lowest BCUT2D eigenvalue weighted by atomic mass is 10.3. The zero-order valence-corrected chi connectivity index (χ0v) is 14.6. The molecule has 1 fully saturated rings. The number of nitrogens with zero attached hydrogens (tertiary/aromatic N) is 2. The Bertz CT molecular complexity index is 640. The summed E-state index contributed by atoms with van der Waals surface area (Å²) in [6.45, 7) is 0.458. The molecule has 20 heavy (non-hydrogen) atoms. The number of sulfonamides is 1. The minimum atomic E-state index is -3.80. The van der Waals surface area contributed by atoms with E-state index < -0.39 is 10.0 Å². The van der Waals surface area contributed by atoms with Crippen LogP contribution in [0, 0.1) is 0 Å². The van der Waals surface area contributed by atoms with Crippen molar-refractivity contribution >= 4 is 53.5 Å². The number of nitrogens with two attached hydrogens (primary N) is 1. The van der Waals surface area contributed by atoms with Crippen LogP contribution < -0.4 is 5.73 Å². The van der Waals surface area contributed by atoms with Crippen molar-refractivity contribution in [1.82, 2.24) is 9.21 Å². The van der Waals surface area contributed by atoms with Crippen molar-refractivity contribution in [3.63, 3.8) is 0 Å². The van der Waals surface area contributed by atoms with Gasteiger partial charge in [0.05, 0.1) is 12.2 Å². The standard InChI is InChI=1S/C11H13Br2N3O3S/c1-15-2-3-16(6-10(15)17)20(18,19)11-8(13)4-7(12)5-9(11)14/h4-5H,2-3,6,14H2,1H3. The molecular formula is C11H13Br2N3O3S. The first kappa shape index (κ1) is 15.7. The summed E-state index contributed by atoms with van der Waals surface area (Å²) >= 11 is 6.46. The topological polar surface area (TPSA) is 83.7 Å². The molecular weight excluding hydrogens is 414 g/mol. The van der Waals surface area contributed by atoms with Crippen molar-refractivity contribution in [2.24, 2.45) is 0 Å². The average molecular weight is 427 g/mol. The summed E-state index contributed by atoms with van der Waals surface area (Å²) in [7, 11) is -2.15. The van der Waals surface area contributed by atoms with Crippen LogP contribution in [0.3, 0.4) is 0 Å². The monoisotopic (exact) mass is 425 g/mol. The number of rotatable bonds is 2. The van der Waals surface area contributed by atoms with Crippen LogP contribution in [0.25, 0.3) is 0 Å². The fraction of sp³-hybridized carbons (Fsp3) is 0.364. The molecule has 110 valence electrons. The number of likely N-dealkylation sites (N-methyl/N-ethyl adjacent to an activating group) is 1. The van der Waals surface area contributed by atoms with Crippen molar-refractivity contribution in [3.8, 4) is 0 Å². The molecule has 6 nitrogen and oxygen atoms in total. The number of hydrogen-bond acceptors (Lipinski definition) is 4. The fourth-order valence-electron chi connectivity index (χ4n) is 1.92. The van der Waals surface area contributed by atoms with Gasteiger partial charge in [-0.25, -0.2) is 8.42 Å². The maximum Gasteiger partial charge on any atom is 0.246 e. The van der Waals surface area contributed by atoms with Gasteiger partial charge in [0.15, 0.2) is 0 Å². The van der Waals surface area contributed by atoms with Crippen LogP contribution in [0.5, 0.6) is 0 Å². The maximum atomic E-state index is 12.6. The average Bonchev–Trinajstić information content (AvgIpc) is 2.30. The van der Waals surface area contributed by atoms with E-state index in [1.807, 2.05) is 0 Å². The quantitative estimate of drug-likeness (QED) is 0.721. The Balaban J connectivity index is 2.44. The Morgan fingerprint density at radius 1 is 1.25 bits per heavy atom. The Kier molecular flexibility index (Phi) is 4.43. The van der Waals surface area contributed by atoms with E-state index in [-0.39, 0.29) is 29.6 Å². The first-order valence-electron chi connectivity index (χ1n) is 5.72. The van der Waals surface area contributed by atoms with Gasteiger partial charge in [0, 0.05) is 29.1 Å². The summed E-state index contributed by atoms with van der Waals surface area (Å²) in [5.41, 5.74) is 5.95. The molecule has 1 aromatic rings. The van der Waals surface area contributed by atoms with Crippen molar-refractivity contribution in [3.05, 3.63) is 21.1 Å². The molecule has 1 aliphatic rings. The lowest BCUT2D eigenvalue weighted by molar-refractivity contribution is -0.132. The summed E-state index contributed by atoms with van der Waals surface area (Å²) in [5, 5.41) is 0. The molecule has 1 aromatic carbocycles. The number of hydrogen-bond donors (Lipinski definition) is 1. The van der Waals surface area contributed by atoms with Gasteiger partial charge in [-0.15, -0.1) is 0 Å². The van der Waals surface area contributed by atoms with Gasteiger partial charge >= 0.3 is 0 Å². The van der Waals surface area contributed by atoms with E-state index in [2.05, 4.69) is 31.9 Å². The highest BCUT2D eigenvalue weighted by Crippen LogP contribution is 2.33. The van der Waals surface area contributed by atoms with E-state index in [4.69, 9.17) is 5.73 Å². The van der Waals surface area contributed by atoms with Crippen LogP contribution in [0.4, 0.5) is 5.69 Å². The van der Waals surface area contributed by atoms with E-state index in [9.17, 15) is 13.2 Å². The molecule has 9 heteroatoms. The normalized spacial score (nSPS) is 17.6. The zero-order valence-electron chi connectivity index (χ0n) is 10.6. The molecule has 2 rings (SSSR count). The molecule has 0 aliphatic carbocycles. The second kappa shape index (κ2) is 5.63. The molecule has 0 saturated carbocycles. The highest BCUT2D eigenvalue weighted by molar-refractivity contribution is 9.11. The Labute approximate surface area is 134 Å². The maximum absolute atomic E-state index is 12.6. The van der Waals surface area contributed by atoms with E-state index in [1.54, 1.807) is 13.1 Å². The molecule has 0 aromatic heterocycles. The number of piperazine rings is 1. The van der Waals surface area contributed by atoms with Gasteiger partial charge in [-0.3, -0.25) is 4.79 Å². The molecule has 2 N–H and O–H groups in total. The number of nitrogen functional groups attached to an aromatic ring is 1. The minimum Gasteiger partial charge on any atom is -0.398 e. The number of anilines is 1. The summed E-state index contributed by atoms with van der Waals surface area (Å²) in [6.07, 6.45) is 0. The Hall–Kier alpha value is -0.640. The zero-order chi connectivity index (χ0) is 15.1. The van der Waals surface area contributed by atoms with Crippen molar-refractivity contribution < 1.29 is 13.2 Å². The molecule has 0 spiro atoms. The van der Waals surface area contributed by atoms with Crippen LogP contribution in [0.2, 0.25) is 0 Å². The van der Waals surface area contributed by atoms with Gasteiger partial charge < -0.3 is 10.6 Å². The van der Waals surface area contributed by atoms with Gasteiger partial charge in [0.1, 0.15) is 4.90 Å². The third kappa shape index (κ3) is 2.85. The third-order valence-electron chi connectivity index (χ3n) is 3.06. The van der Waals surface area contributed by atoms with Crippen LogP contribution >= 0.6 is 31.9 Å². The van der Waals surface area contributed by atoms with Gasteiger partial charge in [0.2, 0.25) is 15.9 Å². The Morgan fingerprint density at radius 2 is 1.90 bits per heavy atom. The van der Waals surface area contributed by atoms with Gasteiger partial charge in [-0.2, -0.15) is 4.31 Å². The summed E-state index contributed by atoms with van der Waals surface area (Å²) in [4.78, 5) is 13.2. The smallest absolute Gasteiger partial charge is 0.246 e. The largest absolute Gasteiger partial charge is 0.398 e. The molecule has 0 radical (unpaired) electrons. The first-order chi connectivity index (χ1) is 9.23. The van der Waals surface area contributed by atoms with Crippen molar-refractivity contribution in [2.75, 3.05) is 32.4 Å². The molecule has 0 bridgehead atoms. The van der Waals surface area contributed by atoms with E-state index in [0.29, 0.717) is 15.5 Å². The third-order valence-corrected chi connectivity index (χ3v) is 6.37. The van der Waals surface area contributed by atoms with Crippen LogP contribution in [0.1, 0.15) is 0 Å². The van der Waals surface area contributed by atoms with Gasteiger partial charge in [-0.05, 0) is 28.1 Å². The number of halogens is 2.